The zero-order valence-corrected chi connectivity index (χ0v) is 7.85. The van der Waals surface area contributed by atoms with Gasteiger partial charge in [-0.15, -0.1) is 0 Å². The SMILES string of the molecule is NC1CC(=O)N(C(C(=O)O)C2CC2)C1. The van der Waals surface area contributed by atoms with Crippen molar-refractivity contribution in [2.24, 2.45) is 11.7 Å². The van der Waals surface area contributed by atoms with Crippen LogP contribution in [0.5, 0.6) is 0 Å². The van der Waals surface area contributed by atoms with Gasteiger partial charge >= 0.3 is 5.97 Å². The van der Waals surface area contributed by atoms with Crippen molar-refractivity contribution in [2.45, 2.75) is 31.3 Å². The summed E-state index contributed by atoms with van der Waals surface area (Å²) in [5.74, 6) is -0.853. The van der Waals surface area contributed by atoms with Gasteiger partial charge in [-0.2, -0.15) is 0 Å². The minimum absolute atomic E-state index is 0.114. The Morgan fingerprint density at radius 3 is 2.57 bits per heavy atom. The number of carboxylic acids is 1. The fourth-order valence-electron chi connectivity index (χ4n) is 2.03. The molecule has 0 spiro atoms. The summed E-state index contributed by atoms with van der Waals surface area (Å²) < 4.78 is 0. The topological polar surface area (TPSA) is 83.6 Å². The van der Waals surface area contributed by atoms with E-state index in [1.165, 1.54) is 4.90 Å². The summed E-state index contributed by atoms with van der Waals surface area (Å²) >= 11 is 0. The predicted molar refractivity (Wildman–Crippen MR) is 48.5 cm³/mol. The standard InChI is InChI=1S/C9H14N2O3/c10-6-3-7(12)11(4-6)8(9(13)14)5-1-2-5/h5-6,8H,1-4,10H2,(H,13,14). The number of carboxylic acid groups (broad SMARTS) is 1. The predicted octanol–water partition coefficient (Wildman–Crippen LogP) is -0.591. The smallest absolute Gasteiger partial charge is 0.326 e. The van der Waals surface area contributed by atoms with Gasteiger partial charge in [-0.25, -0.2) is 4.79 Å². The summed E-state index contributed by atoms with van der Waals surface area (Å²) in [6.07, 6.45) is 2.11. The second kappa shape index (κ2) is 3.24. The van der Waals surface area contributed by atoms with E-state index in [2.05, 4.69) is 0 Å². The molecule has 2 fully saturated rings. The Labute approximate surface area is 81.9 Å². The fraction of sp³-hybridized carbons (Fsp3) is 0.778. The van der Waals surface area contributed by atoms with Crippen LogP contribution in [0.1, 0.15) is 19.3 Å². The van der Waals surface area contributed by atoms with E-state index in [0.29, 0.717) is 6.54 Å². The van der Waals surface area contributed by atoms with Gasteiger partial charge in [-0.05, 0) is 18.8 Å². The fourth-order valence-corrected chi connectivity index (χ4v) is 2.03. The van der Waals surface area contributed by atoms with Crippen LogP contribution in [0, 0.1) is 5.92 Å². The van der Waals surface area contributed by atoms with Crippen molar-refractivity contribution < 1.29 is 14.7 Å². The molecular weight excluding hydrogens is 184 g/mol. The molecule has 5 nitrogen and oxygen atoms in total. The van der Waals surface area contributed by atoms with Gasteiger partial charge in [-0.3, -0.25) is 4.79 Å². The third kappa shape index (κ3) is 1.59. The summed E-state index contributed by atoms with van der Waals surface area (Å²) in [7, 11) is 0. The lowest BCUT2D eigenvalue weighted by atomic mass is 10.1. The Kier molecular flexibility index (Phi) is 2.19. The van der Waals surface area contributed by atoms with E-state index >= 15 is 0 Å². The number of amides is 1. The number of hydrogen-bond donors (Lipinski definition) is 2. The molecule has 0 aromatic heterocycles. The van der Waals surface area contributed by atoms with Gasteiger partial charge in [0.15, 0.2) is 0 Å². The van der Waals surface area contributed by atoms with E-state index in [9.17, 15) is 9.59 Å². The molecule has 1 aliphatic heterocycles. The van der Waals surface area contributed by atoms with Crippen LogP contribution in [0.3, 0.4) is 0 Å². The number of hydrogen-bond acceptors (Lipinski definition) is 3. The molecule has 1 aliphatic carbocycles. The summed E-state index contributed by atoms with van der Waals surface area (Å²) in [5.41, 5.74) is 5.62. The number of nitrogens with two attached hydrogens (primary N) is 1. The van der Waals surface area contributed by atoms with Gasteiger partial charge in [0.1, 0.15) is 6.04 Å². The number of carbonyl (C=O) groups is 2. The molecule has 5 heteroatoms. The van der Waals surface area contributed by atoms with Crippen molar-refractivity contribution in [3.05, 3.63) is 0 Å². The minimum atomic E-state index is -0.894. The Morgan fingerprint density at radius 1 is 1.57 bits per heavy atom. The van der Waals surface area contributed by atoms with E-state index in [1.807, 2.05) is 0 Å². The quantitative estimate of drug-likeness (QED) is 0.634. The molecule has 3 N–H and O–H groups in total. The van der Waals surface area contributed by atoms with Gasteiger partial charge < -0.3 is 15.7 Å². The van der Waals surface area contributed by atoms with Crippen LogP contribution in [-0.2, 0) is 9.59 Å². The highest BCUT2D eigenvalue weighted by Crippen LogP contribution is 2.36. The average molecular weight is 198 g/mol. The maximum atomic E-state index is 11.4. The van der Waals surface area contributed by atoms with E-state index in [1.54, 1.807) is 0 Å². The molecule has 1 amide bonds. The lowest BCUT2D eigenvalue weighted by Gasteiger charge is -2.24. The lowest BCUT2D eigenvalue weighted by Crippen LogP contribution is -2.44. The molecule has 1 saturated heterocycles. The first-order chi connectivity index (χ1) is 6.59. The zero-order valence-electron chi connectivity index (χ0n) is 7.85. The molecule has 0 bridgehead atoms. The molecule has 2 aliphatic rings. The van der Waals surface area contributed by atoms with E-state index < -0.39 is 12.0 Å². The number of likely N-dealkylation sites (tertiary alicyclic amines) is 1. The van der Waals surface area contributed by atoms with Crippen molar-refractivity contribution in [2.75, 3.05) is 6.54 Å². The maximum absolute atomic E-state index is 11.4. The molecule has 14 heavy (non-hydrogen) atoms. The Morgan fingerprint density at radius 2 is 2.21 bits per heavy atom. The monoisotopic (exact) mass is 198 g/mol. The molecule has 0 aromatic rings. The molecule has 2 rings (SSSR count). The normalized spacial score (nSPS) is 29.4. The summed E-state index contributed by atoms with van der Waals surface area (Å²) in [6.45, 7) is 0.395. The van der Waals surface area contributed by atoms with E-state index in [0.717, 1.165) is 12.8 Å². The largest absolute Gasteiger partial charge is 0.480 e. The second-order valence-corrected chi connectivity index (χ2v) is 4.13. The first kappa shape index (κ1) is 9.45. The highest BCUT2D eigenvalue weighted by Gasteiger charge is 2.44. The third-order valence-corrected chi connectivity index (χ3v) is 2.85. The summed E-state index contributed by atoms with van der Waals surface area (Å²) in [6, 6.07) is -0.820. The van der Waals surface area contributed by atoms with Gasteiger partial charge in [0, 0.05) is 19.0 Å². The van der Waals surface area contributed by atoms with Crippen LogP contribution < -0.4 is 5.73 Å². The van der Waals surface area contributed by atoms with E-state index in [4.69, 9.17) is 10.8 Å². The molecule has 1 heterocycles. The zero-order chi connectivity index (χ0) is 10.3. The average Bonchev–Trinajstić information content (AvgIpc) is 2.81. The number of rotatable bonds is 3. The molecular formula is C9H14N2O3. The molecule has 78 valence electrons. The van der Waals surface area contributed by atoms with Crippen LogP contribution in [-0.4, -0.2) is 40.5 Å². The van der Waals surface area contributed by atoms with Crippen LogP contribution in [0.15, 0.2) is 0 Å². The van der Waals surface area contributed by atoms with Crippen molar-refractivity contribution >= 4 is 11.9 Å². The maximum Gasteiger partial charge on any atom is 0.326 e. The van der Waals surface area contributed by atoms with Crippen molar-refractivity contribution in [1.29, 1.82) is 0 Å². The highest BCUT2D eigenvalue weighted by molar-refractivity contribution is 5.86. The summed E-state index contributed by atoms with van der Waals surface area (Å²) in [5, 5.41) is 9.01. The number of carbonyl (C=O) groups excluding carboxylic acids is 1. The molecule has 1 saturated carbocycles. The van der Waals surface area contributed by atoms with Gasteiger partial charge in [0.05, 0.1) is 0 Å². The number of nitrogens with zero attached hydrogens (tertiary/aromatic N) is 1. The second-order valence-electron chi connectivity index (χ2n) is 4.13. The molecule has 2 atom stereocenters. The Balaban J connectivity index is 2.10. The Bertz CT molecular complexity index is 275. The highest BCUT2D eigenvalue weighted by atomic mass is 16.4. The van der Waals surface area contributed by atoms with E-state index in [-0.39, 0.29) is 24.3 Å². The number of aliphatic carboxylic acids is 1. The Hall–Kier alpha value is -1.10. The van der Waals surface area contributed by atoms with Crippen molar-refractivity contribution in [3.8, 4) is 0 Å². The molecule has 0 radical (unpaired) electrons. The first-order valence-electron chi connectivity index (χ1n) is 4.87. The van der Waals surface area contributed by atoms with Crippen LogP contribution in [0.2, 0.25) is 0 Å². The van der Waals surface area contributed by atoms with Crippen LogP contribution in [0.4, 0.5) is 0 Å². The van der Waals surface area contributed by atoms with Crippen LogP contribution >= 0.6 is 0 Å². The summed E-state index contributed by atoms with van der Waals surface area (Å²) in [4.78, 5) is 23.9. The molecule has 0 aromatic carbocycles. The van der Waals surface area contributed by atoms with Crippen molar-refractivity contribution in [3.63, 3.8) is 0 Å². The minimum Gasteiger partial charge on any atom is -0.480 e. The van der Waals surface area contributed by atoms with Gasteiger partial charge in [-0.1, -0.05) is 0 Å². The van der Waals surface area contributed by atoms with Crippen molar-refractivity contribution in [1.82, 2.24) is 4.90 Å². The van der Waals surface area contributed by atoms with Crippen LogP contribution in [0.25, 0.3) is 0 Å². The van der Waals surface area contributed by atoms with Gasteiger partial charge in [0.25, 0.3) is 0 Å². The first-order valence-corrected chi connectivity index (χ1v) is 4.87. The third-order valence-electron chi connectivity index (χ3n) is 2.85. The van der Waals surface area contributed by atoms with Gasteiger partial charge in [0.2, 0.25) is 5.91 Å². The lowest BCUT2D eigenvalue weighted by molar-refractivity contribution is -0.149. The molecule has 2 unspecified atom stereocenters.